The Balaban J connectivity index is 1.52. The van der Waals surface area contributed by atoms with Crippen molar-refractivity contribution in [3.8, 4) is 29.0 Å². The Morgan fingerprint density at radius 3 is 2.71 bits per heavy atom. The molecular formula is C22H22N2O4. The summed E-state index contributed by atoms with van der Waals surface area (Å²) in [5.74, 6) is 7.21. The summed E-state index contributed by atoms with van der Waals surface area (Å²) in [5.41, 5.74) is 3.21. The highest BCUT2D eigenvalue weighted by atomic mass is 16.6. The first-order valence-electron chi connectivity index (χ1n) is 9.39. The number of nitrogens with one attached hydrogen (secondary N) is 1. The Bertz CT molecular complexity index is 904. The Morgan fingerprint density at radius 2 is 2.04 bits per heavy atom. The number of pyridine rings is 1. The molecular weight excluding hydrogens is 356 g/mol. The van der Waals surface area contributed by atoms with E-state index in [9.17, 15) is 4.79 Å². The molecule has 0 spiro atoms. The van der Waals surface area contributed by atoms with E-state index in [2.05, 4.69) is 22.1 Å². The van der Waals surface area contributed by atoms with Gasteiger partial charge < -0.3 is 19.5 Å². The number of ether oxygens (including phenoxy) is 3. The molecule has 1 aromatic heterocycles. The van der Waals surface area contributed by atoms with Gasteiger partial charge in [-0.1, -0.05) is 24.0 Å². The average Bonchev–Trinajstić information content (AvgIpc) is 3.57. The van der Waals surface area contributed by atoms with Crippen molar-refractivity contribution in [1.29, 1.82) is 0 Å². The van der Waals surface area contributed by atoms with Gasteiger partial charge in [-0.25, -0.2) is 4.98 Å². The molecule has 1 unspecified atom stereocenters. The van der Waals surface area contributed by atoms with Crippen LogP contribution in [-0.2, 0) is 14.3 Å². The van der Waals surface area contributed by atoms with E-state index in [0.717, 1.165) is 11.1 Å². The van der Waals surface area contributed by atoms with Crippen LogP contribution in [0.15, 0.2) is 36.4 Å². The van der Waals surface area contributed by atoms with Crippen molar-refractivity contribution in [3.05, 3.63) is 42.0 Å². The van der Waals surface area contributed by atoms with E-state index in [1.54, 1.807) is 13.2 Å². The average molecular weight is 378 g/mol. The maximum absolute atomic E-state index is 12.4. The highest BCUT2D eigenvalue weighted by Crippen LogP contribution is 2.28. The molecule has 1 aromatic carbocycles. The second-order valence-corrected chi connectivity index (χ2v) is 6.83. The molecule has 0 bridgehead atoms. The Labute approximate surface area is 164 Å². The molecule has 2 aromatic rings. The molecule has 1 saturated carbocycles. The van der Waals surface area contributed by atoms with Crippen LogP contribution in [0.25, 0.3) is 11.3 Å². The quantitative estimate of drug-likeness (QED) is 0.829. The minimum Gasteiger partial charge on any atom is -0.481 e. The van der Waals surface area contributed by atoms with E-state index >= 15 is 0 Å². The molecule has 6 nitrogen and oxygen atoms in total. The molecule has 4 rings (SSSR count). The van der Waals surface area contributed by atoms with Crippen LogP contribution in [-0.4, -0.2) is 43.9 Å². The number of benzene rings is 1. The Morgan fingerprint density at radius 1 is 1.21 bits per heavy atom. The molecule has 1 atom stereocenters. The van der Waals surface area contributed by atoms with Crippen molar-refractivity contribution in [1.82, 2.24) is 4.98 Å². The topological polar surface area (TPSA) is 69.7 Å². The summed E-state index contributed by atoms with van der Waals surface area (Å²) < 4.78 is 16.0. The third-order valence-corrected chi connectivity index (χ3v) is 4.57. The largest absolute Gasteiger partial charge is 0.481 e. The van der Waals surface area contributed by atoms with Gasteiger partial charge in [-0.2, -0.15) is 0 Å². The predicted octanol–water partition coefficient (Wildman–Crippen LogP) is 2.87. The minimum atomic E-state index is -0.610. The van der Waals surface area contributed by atoms with E-state index < -0.39 is 6.10 Å². The number of anilines is 1. The molecule has 1 N–H and O–H groups in total. The fourth-order valence-electron chi connectivity index (χ4n) is 2.83. The maximum Gasteiger partial charge on any atom is 0.255 e. The number of rotatable bonds is 4. The number of hydrogen-bond donors (Lipinski definition) is 1. The second kappa shape index (κ2) is 8.42. The minimum absolute atomic E-state index is 0.246. The SMILES string of the molecule is COc1cc(NC(=O)C2COCCO2)cc(-c2ccc(C#CC3CC3)cc2)n1. The lowest BCUT2D eigenvalue weighted by atomic mass is 10.1. The maximum atomic E-state index is 12.4. The van der Waals surface area contributed by atoms with Gasteiger partial charge in [-0.3, -0.25) is 4.79 Å². The first-order valence-corrected chi connectivity index (χ1v) is 9.39. The first kappa shape index (κ1) is 18.5. The third-order valence-electron chi connectivity index (χ3n) is 4.57. The lowest BCUT2D eigenvalue weighted by Gasteiger charge is -2.22. The van der Waals surface area contributed by atoms with Crippen molar-refractivity contribution < 1.29 is 19.0 Å². The van der Waals surface area contributed by atoms with Crippen molar-refractivity contribution in [3.63, 3.8) is 0 Å². The smallest absolute Gasteiger partial charge is 0.255 e. The molecule has 2 aliphatic rings. The molecule has 2 fully saturated rings. The van der Waals surface area contributed by atoms with E-state index in [1.165, 1.54) is 12.8 Å². The fourth-order valence-corrected chi connectivity index (χ4v) is 2.83. The lowest BCUT2D eigenvalue weighted by molar-refractivity contribution is -0.142. The first-order chi connectivity index (χ1) is 13.7. The summed E-state index contributed by atoms with van der Waals surface area (Å²) in [6.45, 7) is 1.18. The second-order valence-electron chi connectivity index (χ2n) is 6.83. The van der Waals surface area contributed by atoms with Gasteiger partial charge in [-0.15, -0.1) is 0 Å². The summed E-state index contributed by atoms with van der Waals surface area (Å²) in [5, 5.41) is 2.86. The molecule has 6 heteroatoms. The van der Waals surface area contributed by atoms with Crippen molar-refractivity contribution >= 4 is 11.6 Å². The number of carbonyl (C=O) groups excluding carboxylic acids is 1. The molecule has 144 valence electrons. The normalized spacial score (nSPS) is 18.7. The lowest BCUT2D eigenvalue weighted by Crippen LogP contribution is -2.39. The van der Waals surface area contributed by atoms with Gasteiger partial charge in [0.05, 0.1) is 32.6 Å². The summed E-state index contributed by atoms with van der Waals surface area (Å²) >= 11 is 0. The molecule has 1 saturated heterocycles. The molecule has 1 amide bonds. The van der Waals surface area contributed by atoms with Crippen LogP contribution < -0.4 is 10.1 Å². The van der Waals surface area contributed by atoms with Crippen molar-refractivity contribution in [2.24, 2.45) is 5.92 Å². The number of methoxy groups -OCH3 is 1. The van der Waals surface area contributed by atoms with E-state index in [4.69, 9.17) is 14.2 Å². The highest BCUT2D eigenvalue weighted by Gasteiger charge is 2.23. The van der Waals surface area contributed by atoms with Gasteiger partial charge in [0.2, 0.25) is 5.88 Å². The van der Waals surface area contributed by atoms with Crippen LogP contribution in [0.2, 0.25) is 0 Å². The molecule has 1 aliphatic heterocycles. The van der Waals surface area contributed by atoms with Gasteiger partial charge in [0.25, 0.3) is 5.91 Å². The molecule has 2 heterocycles. The molecule has 0 radical (unpaired) electrons. The monoisotopic (exact) mass is 378 g/mol. The number of aromatic nitrogens is 1. The van der Waals surface area contributed by atoms with Gasteiger partial charge >= 0.3 is 0 Å². The van der Waals surface area contributed by atoms with Crippen molar-refractivity contribution in [2.45, 2.75) is 18.9 Å². The van der Waals surface area contributed by atoms with Gasteiger partial charge in [-0.05, 0) is 31.0 Å². The summed E-state index contributed by atoms with van der Waals surface area (Å²) in [4.78, 5) is 16.9. The fraction of sp³-hybridized carbons (Fsp3) is 0.364. The van der Waals surface area contributed by atoms with E-state index in [1.807, 2.05) is 30.3 Å². The van der Waals surface area contributed by atoms with Crippen LogP contribution in [0, 0.1) is 17.8 Å². The number of nitrogens with zero attached hydrogens (tertiary/aromatic N) is 1. The summed E-state index contributed by atoms with van der Waals surface area (Å²) in [7, 11) is 1.55. The van der Waals surface area contributed by atoms with Crippen LogP contribution >= 0.6 is 0 Å². The third kappa shape index (κ3) is 4.69. The van der Waals surface area contributed by atoms with Crippen LogP contribution in [0.4, 0.5) is 5.69 Å². The van der Waals surface area contributed by atoms with E-state index in [-0.39, 0.29) is 12.5 Å². The van der Waals surface area contributed by atoms with Crippen LogP contribution in [0.5, 0.6) is 5.88 Å². The number of hydrogen-bond acceptors (Lipinski definition) is 5. The van der Waals surface area contributed by atoms with Crippen molar-refractivity contribution in [2.75, 3.05) is 32.2 Å². The predicted molar refractivity (Wildman–Crippen MR) is 105 cm³/mol. The zero-order valence-corrected chi connectivity index (χ0v) is 15.7. The highest BCUT2D eigenvalue weighted by molar-refractivity contribution is 5.95. The Hall–Kier alpha value is -2.88. The van der Waals surface area contributed by atoms with Crippen LogP contribution in [0.1, 0.15) is 18.4 Å². The summed E-state index contributed by atoms with van der Waals surface area (Å²) in [6, 6.07) is 11.4. The van der Waals surface area contributed by atoms with Gasteiger partial charge in [0, 0.05) is 28.8 Å². The molecule has 1 aliphatic carbocycles. The Kier molecular flexibility index (Phi) is 5.56. The number of amides is 1. The zero-order chi connectivity index (χ0) is 19.3. The van der Waals surface area contributed by atoms with Crippen LogP contribution in [0.3, 0.4) is 0 Å². The van der Waals surface area contributed by atoms with E-state index in [0.29, 0.717) is 36.4 Å². The standard InChI is InChI=1S/C22H22N2O4/c1-26-21-13-18(23-22(25)20-14-27-10-11-28-20)12-19(24-21)17-8-6-16(7-9-17)5-4-15-2-3-15/h6-9,12-13,15,20H,2-3,10-11,14H2,1H3,(H,23,24,25). The van der Waals surface area contributed by atoms with Gasteiger partial charge in [0.15, 0.2) is 6.10 Å². The number of carbonyl (C=O) groups is 1. The van der Waals surface area contributed by atoms with Gasteiger partial charge in [0.1, 0.15) is 0 Å². The summed E-state index contributed by atoms with van der Waals surface area (Å²) in [6.07, 6.45) is 1.82. The zero-order valence-electron chi connectivity index (χ0n) is 15.7. The molecule has 28 heavy (non-hydrogen) atoms.